The Bertz CT molecular complexity index is 512. The second-order valence-corrected chi connectivity index (χ2v) is 4.72. The second-order valence-electron chi connectivity index (χ2n) is 4.72. The van der Waals surface area contributed by atoms with Gasteiger partial charge in [-0.3, -0.25) is 0 Å². The molecule has 1 aliphatic rings. The van der Waals surface area contributed by atoms with E-state index in [1.54, 1.807) is 0 Å². The van der Waals surface area contributed by atoms with Crippen molar-refractivity contribution in [2.45, 2.75) is 38.8 Å². The summed E-state index contributed by atoms with van der Waals surface area (Å²) in [6.45, 7) is 4.03. The van der Waals surface area contributed by atoms with Crippen molar-refractivity contribution in [3.8, 4) is 0 Å². The number of benzene rings is 1. The number of ether oxygens (including phenoxy) is 1. The molecule has 1 saturated heterocycles. The highest BCUT2D eigenvalue weighted by molar-refractivity contribution is 5.75. The first kappa shape index (κ1) is 10.8. The third-order valence-corrected chi connectivity index (χ3v) is 3.54. The molecular weight excluding hydrogens is 212 g/mol. The van der Waals surface area contributed by atoms with Crippen LogP contribution in [-0.4, -0.2) is 22.3 Å². The van der Waals surface area contributed by atoms with Crippen molar-refractivity contribution in [2.24, 2.45) is 0 Å². The van der Waals surface area contributed by atoms with E-state index >= 15 is 0 Å². The molecule has 2 heterocycles. The minimum absolute atomic E-state index is 0.454. The summed E-state index contributed by atoms with van der Waals surface area (Å²) in [7, 11) is 0. The molecule has 90 valence electrons. The van der Waals surface area contributed by atoms with E-state index in [-0.39, 0.29) is 0 Å². The molecule has 1 aromatic carbocycles. The molecule has 0 aliphatic carbocycles. The summed E-state index contributed by atoms with van der Waals surface area (Å²) >= 11 is 0. The average Bonchev–Trinajstić information content (AvgIpc) is 2.93. The lowest BCUT2D eigenvalue weighted by Gasteiger charge is -2.11. The average molecular weight is 230 g/mol. The maximum atomic E-state index is 5.67. The van der Waals surface area contributed by atoms with Gasteiger partial charge in [0.1, 0.15) is 5.82 Å². The number of imidazole rings is 1. The fourth-order valence-electron chi connectivity index (χ4n) is 2.62. The Morgan fingerprint density at radius 2 is 2.29 bits per heavy atom. The summed E-state index contributed by atoms with van der Waals surface area (Å²) in [5, 5.41) is 0. The highest BCUT2D eigenvalue weighted by atomic mass is 16.5. The minimum Gasteiger partial charge on any atom is -0.378 e. The molecule has 17 heavy (non-hydrogen) atoms. The Morgan fingerprint density at radius 3 is 3.12 bits per heavy atom. The highest BCUT2D eigenvalue weighted by Gasteiger charge is 2.16. The SMILES string of the molecule is Cc1nc2ccccc2n1CCC1CCCO1. The maximum absolute atomic E-state index is 5.67. The van der Waals surface area contributed by atoms with Gasteiger partial charge in [0.25, 0.3) is 0 Å². The van der Waals surface area contributed by atoms with Gasteiger partial charge in [-0.1, -0.05) is 12.1 Å². The Balaban J connectivity index is 1.81. The molecule has 0 radical (unpaired) electrons. The van der Waals surface area contributed by atoms with Crippen molar-refractivity contribution >= 4 is 11.0 Å². The van der Waals surface area contributed by atoms with Gasteiger partial charge in [0.15, 0.2) is 0 Å². The summed E-state index contributed by atoms with van der Waals surface area (Å²) in [5.74, 6) is 1.10. The Kier molecular flexibility index (Phi) is 2.85. The number of aryl methyl sites for hydroxylation is 2. The van der Waals surface area contributed by atoms with Crippen LogP contribution < -0.4 is 0 Å². The standard InChI is InChI=1S/C14H18N2O/c1-11-15-13-6-2-3-7-14(13)16(11)9-8-12-5-4-10-17-12/h2-3,6-7,12H,4-5,8-10H2,1H3. The van der Waals surface area contributed by atoms with E-state index in [0.717, 1.165) is 30.9 Å². The lowest BCUT2D eigenvalue weighted by atomic mass is 10.2. The van der Waals surface area contributed by atoms with Crippen LogP contribution >= 0.6 is 0 Å². The van der Waals surface area contributed by atoms with Crippen molar-refractivity contribution < 1.29 is 4.74 Å². The molecule has 1 aromatic heterocycles. The third-order valence-electron chi connectivity index (χ3n) is 3.54. The molecule has 1 atom stereocenters. The number of fused-ring (bicyclic) bond motifs is 1. The van der Waals surface area contributed by atoms with Crippen molar-refractivity contribution in [3.63, 3.8) is 0 Å². The van der Waals surface area contributed by atoms with Crippen LogP contribution in [0, 0.1) is 6.92 Å². The van der Waals surface area contributed by atoms with E-state index in [9.17, 15) is 0 Å². The fraction of sp³-hybridized carbons (Fsp3) is 0.500. The fourth-order valence-corrected chi connectivity index (χ4v) is 2.62. The zero-order chi connectivity index (χ0) is 11.7. The molecule has 3 heteroatoms. The van der Waals surface area contributed by atoms with Gasteiger partial charge in [-0.25, -0.2) is 4.98 Å². The number of nitrogens with zero attached hydrogens (tertiary/aromatic N) is 2. The number of hydrogen-bond donors (Lipinski definition) is 0. The van der Waals surface area contributed by atoms with Gasteiger partial charge in [-0.05, 0) is 38.3 Å². The van der Waals surface area contributed by atoms with E-state index in [4.69, 9.17) is 4.74 Å². The van der Waals surface area contributed by atoms with Crippen LogP contribution in [0.3, 0.4) is 0 Å². The van der Waals surface area contributed by atoms with E-state index in [1.165, 1.54) is 18.4 Å². The van der Waals surface area contributed by atoms with Crippen molar-refractivity contribution in [2.75, 3.05) is 6.61 Å². The summed E-state index contributed by atoms with van der Waals surface area (Å²) in [5.41, 5.74) is 2.33. The molecule has 1 unspecified atom stereocenters. The van der Waals surface area contributed by atoms with Crippen LogP contribution in [0.2, 0.25) is 0 Å². The van der Waals surface area contributed by atoms with Gasteiger partial charge in [0.2, 0.25) is 0 Å². The Hall–Kier alpha value is -1.35. The van der Waals surface area contributed by atoms with Crippen LogP contribution in [0.15, 0.2) is 24.3 Å². The zero-order valence-corrected chi connectivity index (χ0v) is 10.2. The topological polar surface area (TPSA) is 27.1 Å². The molecule has 2 aromatic rings. The normalized spacial score (nSPS) is 20.2. The monoisotopic (exact) mass is 230 g/mol. The zero-order valence-electron chi connectivity index (χ0n) is 10.2. The lowest BCUT2D eigenvalue weighted by Crippen LogP contribution is -2.10. The number of hydrogen-bond acceptors (Lipinski definition) is 2. The summed E-state index contributed by atoms with van der Waals surface area (Å²) in [4.78, 5) is 4.58. The second kappa shape index (κ2) is 4.49. The van der Waals surface area contributed by atoms with Crippen molar-refractivity contribution in [1.29, 1.82) is 0 Å². The Labute approximate surface area is 101 Å². The largest absolute Gasteiger partial charge is 0.378 e. The van der Waals surface area contributed by atoms with Gasteiger partial charge < -0.3 is 9.30 Å². The maximum Gasteiger partial charge on any atom is 0.106 e. The summed E-state index contributed by atoms with van der Waals surface area (Å²) < 4.78 is 7.97. The lowest BCUT2D eigenvalue weighted by molar-refractivity contribution is 0.100. The minimum atomic E-state index is 0.454. The van der Waals surface area contributed by atoms with Crippen molar-refractivity contribution in [1.82, 2.24) is 9.55 Å². The van der Waals surface area contributed by atoms with Crippen LogP contribution in [0.4, 0.5) is 0 Å². The van der Waals surface area contributed by atoms with Gasteiger partial charge in [-0.15, -0.1) is 0 Å². The molecule has 0 spiro atoms. The quantitative estimate of drug-likeness (QED) is 0.810. The first-order valence-corrected chi connectivity index (χ1v) is 6.38. The highest BCUT2D eigenvalue weighted by Crippen LogP contribution is 2.20. The van der Waals surface area contributed by atoms with E-state index in [1.807, 2.05) is 6.07 Å². The van der Waals surface area contributed by atoms with Gasteiger partial charge >= 0.3 is 0 Å². The predicted octanol–water partition coefficient (Wildman–Crippen LogP) is 2.91. The molecule has 1 aliphatic heterocycles. The van der Waals surface area contributed by atoms with Crippen LogP contribution in [-0.2, 0) is 11.3 Å². The first-order chi connectivity index (χ1) is 8.34. The van der Waals surface area contributed by atoms with Crippen LogP contribution in [0.5, 0.6) is 0 Å². The number of aromatic nitrogens is 2. The van der Waals surface area contributed by atoms with Gasteiger partial charge in [-0.2, -0.15) is 0 Å². The summed E-state index contributed by atoms with van der Waals surface area (Å²) in [6, 6.07) is 8.33. The molecule has 0 bridgehead atoms. The van der Waals surface area contributed by atoms with E-state index in [2.05, 4.69) is 34.7 Å². The van der Waals surface area contributed by atoms with E-state index < -0.39 is 0 Å². The smallest absolute Gasteiger partial charge is 0.106 e. The molecule has 3 nitrogen and oxygen atoms in total. The number of para-hydroxylation sites is 2. The molecular formula is C14H18N2O. The third kappa shape index (κ3) is 2.07. The van der Waals surface area contributed by atoms with Crippen LogP contribution in [0.1, 0.15) is 25.1 Å². The van der Waals surface area contributed by atoms with Crippen LogP contribution in [0.25, 0.3) is 11.0 Å². The van der Waals surface area contributed by atoms with Gasteiger partial charge in [0, 0.05) is 13.2 Å². The summed E-state index contributed by atoms with van der Waals surface area (Å²) in [6.07, 6.45) is 3.98. The molecule has 0 amide bonds. The molecule has 0 saturated carbocycles. The van der Waals surface area contributed by atoms with Gasteiger partial charge in [0.05, 0.1) is 17.1 Å². The molecule has 1 fully saturated rings. The molecule has 3 rings (SSSR count). The first-order valence-electron chi connectivity index (χ1n) is 6.38. The number of rotatable bonds is 3. The molecule has 0 N–H and O–H groups in total. The Morgan fingerprint density at radius 1 is 1.41 bits per heavy atom. The van der Waals surface area contributed by atoms with E-state index in [0.29, 0.717) is 6.10 Å². The van der Waals surface area contributed by atoms with Crippen molar-refractivity contribution in [3.05, 3.63) is 30.1 Å². The predicted molar refractivity (Wildman–Crippen MR) is 68.1 cm³/mol.